The number of carbonyl (C=O) groups is 1. The summed E-state index contributed by atoms with van der Waals surface area (Å²) < 4.78 is 33.6. The minimum atomic E-state index is -3.72. The number of nitrogens with zero attached hydrogens (tertiary/aromatic N) is 2. The maximum absolute atomic E-state index is 13.2. The normalized spacial score (nSPS) is 25.1. The molecule has 10 heteroatoms. The van der Waals surface area contributed by atoms with Crippen molar-refractivity contribution in [1.29, 1.82) is 0 Å². The van der Waals surface area contributed by atoms with Crippen molar-refractivity contribution in [3.8, 4) is 0 Å². The minimum Gasteiger partial charge on any atom is -0.370 e. The first kappa shape index (κ1) is 26.2. The van der Waals surface area contributed by atoms with Crippen LogP contribution in [0.15, 0.2) is 23.1 Å². The van der Waals surface area contributed by atoms with E-state index < -0.39 is 10.0 Å². The van der Waals surface area contributed by atoms with Crippen LogP contribution in [0, 0.1) is 5.92 Å². The Bertz CT molecular complexity index is 956. The summed E-state index contributed by atoms with van der Waals surface area (Å²) in [6.07, 6.45) is 8.96. The van der Waals surface area contributed by atoms with Crippen LogP contribution < -0.4 is 5.32 Å². The minimum absolute atomic E-state index is 0.000744. The smallest absolute Gasteiger partial charge is 0.248 e. The van der Waals surface area contributed by atoms with Crippen LogP contribution in [0.1, 0.15) is 51.4 Å². The second kappa shape index (κ2) is 11.9. The van der Waals surface area contributed by atoms with Gasteiger partial charge in [0.05, 0.1) is 21.5 Å². The second-order valence-corrected chi connectivity index (χ2v) is 12.4. The van der Waals surface area contributed by atoms with Crippen molar-refractivity contribution in [1.82, 2.24) is 14.5 Å². The molecule has 1 saturated carbocycles. The molecule has 2 unspecified atom stereocenters. The summed E-state index contributed by atoms with van der Waals surface area (Å²) in [6.45, 7) is 2.93. The van der Waals surface area contributed by atoms with Gasteiger partial charge in [-0.3, -0.25) is 4.79 Å². The van der Waals surface area contributed by atoms with Gasteiger partial charge in [-0.05, 0) is 43.4 Å². The molecule has 1 aliphatic carbocycles. The van der Waals surface area contributed by atoms with Gasteiger partial charge in [-0.25, -0.2) is 8.42 Å². The fraction of sp³-hybridized carbons (Fsp3) is 0.708. The Balaban J connectivity index is 1.31. The van der Waals surface area contributed by atoms with E-state index in [4.69, 9.17) is 27.9 Å². The summed E-state index contributed by atoms with van der Waals surface area (Å²) >= 11 is 12.0. The molecule has 2 atom stereocenters. The first-order valence-corrected chi connectivity index (χ1v) is 14.6. The van der Waals surface area contributed by atoms with Crippen LogP contribution >= 0.6 is 23.2 Å². The number of ether oxygens (including phenoxy) is 1. The van der Waals surface area contributed by atoms with Gasteiger partial charge in [-0.15, -0.1) is 0 Å². The molecule has 7 nitrogen and oxygen atoms in total. The third-order valence-electron chi connectivity index (χ3n) is 7.36. The summed E-state index contributed by atoms with van der Waals surface area (Å²) in [4.78, 5) is 15.1. The van der Waals surface area contributed by atoms with E-state index in [0.717, 1.165) is 25.9 Å². The molecule has 0 radical (unpaired) electrons. The molecule has 4 rings (SSSR count). The van der Waals surface area contributed by atoms with E-state index in [1.54, 1.807) is 0 Å². The van der Waals surface area contributed by atoms with Crippen molar-refractivity contribution in [3.63, 3.8) is 0 Å². The Morgan fingerprint density at radius 3 is 2.59 bits per heavy atom. The summed E-state index contributed by atoms with van der Waals surface area (Å²) in [7, 11) is -3.72. The van der Waals surface area contributed by atoms with Crippen LogP contribution in [0.2, 0.25) is 10.0 Å². The molecule has 3 fully saturated rings. The fourth-order valence-electron chi connectivity index (χ4n) is 5.54. The van der Waals surface area contributed by atoms with E-state index in [2.05, 4.69) is 5.32 Å². The topological polar surface area (TPSA) is 79.0 Å². The van der Waals surface area contributed by atoms with E-state index in [1.807, 2.05) is 4.90 Å². The highest BCUT2D eigenvalue weighted by molar-refractivity contribution is 7.89. The third kappa shape index (κ3) is 6.26. The Morgan fingerprint density at radius 1 is 1.03 bits per heavy atom. The molecule has 1 aromatic rings. The van der Waals surface area contributed by atoms with Crippen molar-refractivity contribution in [2.75, 3.05) is 39.4 Å². The number of carbonyl (C=O) groups excluding carboxylic acids is 1. The third-order valence-corrected chi connectivity index (χ3v) is 10.0. The molecule has 3 aliphatic rings. The molecule has 34 heavy (non-hydrogen) atoms. The van der Waals surface area contributed by atoms with Gasteiger partial charge in [0, 0.05) is 38.3 Å². The maximum Gasteiger partial charge on any atom is 0.248 e. The lowest BCUT2D eigenvalue weighted by Crippen LogP contribution is -2.55. The predicted octanol–water partition coefficient (Wildman–Crippen LogP) is 3.93. The number of halogens is 2. The Hall–Kier alpha value is -0.900. The van der Waals surface area contributed by atoms with E-state index in [1.165, 1.54) is 54.6 Å². The van der Waals surface area contributed by atoms with E-state index in [0.29, 0.717) is 30.5 Å². The van der Waals surface area contributed by atoms with Crippen LogP contribution in [0.3, 0.4) is 0 Å². The molecule has 0 aromatic heterocycles. The molecular formula is C24H35Cl2N3O4S. The standard InChI is InChI=1S/C24H35Cl2N3O4S/c25-22-9-8-21(14-23(22)26)34(31,32)29-11-4-7-19(29)16-33-17-24(30)28-12-10-27-15-20(28)13-18-5-2-1-3-6-18/h8-9,14,18-20,27H,1-7,10-13,15-17H2. The number of amides is 1. The number of rotatable bonds is 8. The average molecular weight is 533 g/mol. The summed E-state index contributed by atoms with van der Waals surface area (Å²) in [5, 5.41) is 3.95. The predicted molar refractivity (Wildman–Crippen MR) is 134 cm³/mol. The molecule has 1 N–H and O–H groups in total. The summed E-state index contributed by atoms with van der Waals surface area (Å²) in [5.74, 6) is 0.702. The Labute approximate surface area is 213 Å². The van der Waals surface area contributed by atoms with Crippen molar-refractivity contribution in [3.05, 3.63) is 28.2 Å². The SMILES string of the molecule is O=C(COCC1CCCN1S(=O)(=O)c1ccc(Cl)c(Cl)c1)N1CCNCC1CC1CCCCC1. The molecule has 0 bridgehead atoms. The zero-order valence-electron chi connectivity index (χ0n) is 19.6. The molecular weight excluding hydrogens is 497 g/mol. The van der Waals surface area contributed by atoms with Gasteiger partial charge in [-0.1, -0.05) is 55.3 Å². The Kier molecular flexibility index (Phi) is 9.15. The molecule has 2 saturated heterocycles. The number of piperazine rings is 1. The molecule has 1 amide bonds. The quantitative estimate of drug-likeness (QED) is 0.549. The molecule has 2 aliphatic heterocycles. The van der Waals surface area contributed by atoms with Gasteiger partial charge in [0.25, 0.3) is 0 Å². The van der Waals surface area contributed by atoms with Crippen LogP contribution in [-0.4, -0.2) is 75.0 Å². The van der Waals surface area contributed by atoms with Crippen molar-refractivity contribution in [2.24, 2.45) is 5.92 Å². The number of hydrogen-bond acceptors (Lipinski definition) is 5. The fourth-order valence-corrected chi connectivity index (χ4v) is 7.61. The monoisotopic (exact) mass is 531 g/mol. The van der Waals surface area contributed by atoms with Crippen molar-refractivity contribution in [2.45, 2.75) is 68.3 Å². The summed E-state index contributed by atoms with van der Waals surface area (Å²) in [5.41, 5.74) is 0. The van der Waals surface area contributed by atoms with Crippen LogP contribution in [0.4, 0.5) is 0 Å². The van der Waals surface area contributed by atoms with Gasteiger partial charge in [0.15, 0.2) is 0 Å². The van der Waals surface area contributed by atoms with Crippen molar-refractivity contribution < 1.29 is 17.9 Å². The first-order chi connectivity index (χ1) is 16.4. The second-order valence-electron chi connectivity index (χ2n) is 9.69. The van der Waals surface area contributed by atoms with Crippen LogP contribution in [-0.2, 0) is 19.6 Å². The van der Waals surface area contributed by atoms with E-state index in [-0.39, 0.29) is 41.1 Å². The average Bonchev–Trinajstić information content (AvgIpc) is 3.31. The van der Waals surface area contributed by atoms with Crippen LogP contribution in [0.5, 0.6) is 0 Å². The lowest BCUT2D eigenvalue weighted by Gasteiger charge is -2.39. The molecule has 190 valence electrons. The van der Waals surface area contributed by atoms with E-state index in [9.17, 15) is 13.2 Å². The highest BCUT2D eigenvalue weighted by Gasteiger charge is 2.36. The van der Waals surface area contributed by atoms with Crippen LogP contribution in [0.25, 0.3) is 0 Å². The van der Waals surface area contributed by atoms with Crippen molar-refractivity contribution >= 4 is 39.1 Å². The lowest BCUT2D eigenvalue weighted by atomic mass is 9.84. The molecule has 0 spiro atoms. The number of benzene rings is 1. The highest BCUT2D eigenvalue weighted by atomic mass is 35.5. The largest absolute Gasteiger partial charge is 0.370 e. The lowest BCUT2D eigenvalue weighted by molar-refractivity contribution is -0.140. The first-order valence-electron chi connectivity index (χ1n) is 12.4. The van der Waals surface area contributed by atoms with Gasteiger partial charge >= 0.3 is 0 Å². The van der Waals surface area contributed by atoms with Gasteiger partial charge in [0.1, 0.15) is 6.61 Å². The number of sulfonamides is 1. The zero-order chi connectivity index (χ0) is 24.1. The number of nitrogens with one attached hydrogen (secondary N) is 1. The zero-order valence-corrected chi connectivity index (χ0v) is 21.9. The Morgan fingerprint density at radius 2 is 1.82 bits per heavy atom. The highest BCUT2D eigenvalue weighted by Crippen LogP contribution is 2.31. The molecule has 2 heterocycles. The maximum atomic E-state index is 13.2. The number of hydrogen-bond donors (Lipinski definition) is 1. The van der Waals surface area contributed by atoms with Gasteiger partial charge in [-0.2, -0.15) is 4.31 Å². The van der Waals surface area contributed by atoms with Gasteiger partial charge in [0.2, 0.25) is 15.9 Å². The molecule has 1 aromatic carbocycles. The summed E-state index contributed by atoms with van der Waals surface area (Å²) in [6, 6.07) is 4.27. The van der Waals surface area contributed by atoms with E-state index >= 15 is 0 Å². The van der Waals surface area contributed by atoms with Gasteiger partial charge < -0.3 is 15.0 Å².